The van der Waals surface area contributed by atoms with Crippen molar-refractivity contribution in [1.29, 1.82) is 0 Å². The molecule has 1 saturated carbocycles. The van der Waals surface area contributed by atoms with Gasteiger partial charge in [0, 0.05) is 5.92 Å². The maximum atomic E-state index is 13.7. The van der Waals surface area contributed by atoms with Crippen molar-refractivity contribution < 1.29 is 9.18 Å². The molecule has 2 fully saturated rings. The number of hydrogen-bond donors (Lipinski definition) is 2. The summed E-state index contributed by atoms with van der Waals surface area (Å²) in [6.07, 6.45) is 3.07. The maximum Gasteiger partial charge on any atom is 0.228 e. The van der Waals surface area contributed by atoms with Gasteiger partial charge in [0.25, 0.3) is 0 Å². The predicted octanol–water partition coefficient (Wildman–Crippen LogP) is 2.88. The molecule has 20 heavy (non-hydrogen) atoms. The highest BCUT2D eigenvalue weighted by atomic mass is 35.5. The zero-order valence-corrected chi connectivity index (χ0v) is 12.4. The van der Waals surface area contributed by atoms with Gasteiger partial charge in [0.05, 0.1) is 5.69 Å². The number of rotatable bonds is 2. The topological polar surface area (TPSA) is 41.1 Å². The molecule has 1 aliphatic carbocycles. The molecule has 1 unspecified atom stereocenters. The monoisotopic (exact) mass is 298 g/mol. The molecule has 0 bridgehead atoms. The Morgan fingerprint density at radius 1 is 1.40 bits per heavy atom. The fourth-order valence-electron chi connectivity index (χ4n) is 3.14. The molecule has 0 radical (unpaired) electrons. The number of aryl methyl sites for hydroxylation is 1. The van der Waals surface area contributed by atoms with Crippen LogP contribution in [0.15, 0.2) is 18.2 Å². The molecule has 110 valence electrons. The van der Waals surface area contributed by atoms with Gasteiger partial charge < -0.3 is 10.6 Å². The minimum Gasteiger partial charge on any atom is -0.323 e. The van der Waals surface area contributed by atoms with Crippen LogP contribution in [0.2, 0.25) is 0 Å². The van der Waals surface area contributed by atoms with Gasteiger partial charge in [0.1, 0.15) is 5.82 Å². The lowest BCUT2D eigenvalue weighted by atomic mass is 9.92. The molecule has 2 aliphatic rings. The Kier molecular flexibility index (Phi) is 4.35. The van der Waals surface area contributed by atoms with E-state index in [9.17, 15) is 9.18 Å². The first-order chi connectivity index (χ1) is 9.11. The first kappa shape index (κ1) is 15.3. The number of halogens is 2. The summed E-state index contributed by atoms with van der Waals surface area (Å²) in [5.74, 6) is -0.312. The van der Waals surface area contributed by atoms with Crippen molar-refractivity contribution in [2.75, 3.05) is 18.4 Å². The van der Waals surface area contributed by atoms with E-state index in [-0.39, 0.29) is 35.5 Å². The highest BCUT2D eigenvalue weighted by Gasteiger charge is 2.57. The van der Waals surface area contributed by atoms with E-state index in [4.69, 9.17) is 0 Å². The van der Waals surface area contributed by atoms with Crippen LogP contribution in [0.4, 0.5) is 10.1 Å². The van der Waals surface area contributed by atoms with E-state index < -0.39 is 0 Å². The predicted molar refractivity (Wildman–Crippen MR) is 79.7 cm³/mol. The Morgan fingerprint density at radius 3 is 2.75 bits per heavy atom. The summed E-state index contributed by atoms with van der Waals surface area (Å²) in [7, 11) is 0. The molecule has 1 saturated heterocycles. The molecule has 3 nitrogen and oxygen atoms in total. The Balaban J connectivity index is 0.00000147. The minimum absolute atomic E-state index is 0. The van der Waals surface area contributed by atoms with Crippen molar-refractivity contribution in [1.82, 2.24) is 5.32 Å². The van der Waals surface area contributed by atoms with Crippen molar-refractivity contribution in [3.63, 3.8) is 0 Å². The van der Waals surface area contributed by atoms with Gasteiger partial charge in [-0.25, -0.2) is 4.39 Å². The third kappa shape index (κ3) is 2.81. The van der Waals surface area contributed by atoms with Crippen LogP contribution in [0.25, 0.3) is 0 Å². The van der Waals surface area contributed by atoms with Crippen LogP contribution >= 0.6 is 12.4 Å². The molecular formula is C15H20ClFN2O. The molecule has 1 aromatic carbocycles. The summed E-state index contributed by atoms with van der Waals surface area (Å²) in [5.41, 5.74) is 1.35. The van der Waals surface area contributed by atoms with Crippen LogP contribution in [0.5, 0.6) is 0 Å². The Hall–Kier alpha value is -1.13. The average molecular weight is 299 g/mol. The molecular weight excluding hydrogens is 279 g/mol. The normalized spacial score (nSPS) is 23.0. The van der Waals surface area contributed by atoms with E-state index in [0.717, 1.165) is 37.9 Å². The smallest absolute Gasteiger partial charge is 0.228 e. The fraction of sp³-hybridized carbons (Fsp3) is 0.533. The standard InChI is InChI=1S/C15H19FN2O.ClH/c1-10-2-3-13(12(16)8-10)18-14(19)11-9-15(11)4-6-17-7-5-15;/h2-3,8,11,17H,4-7,9H2,1H3,(H,18,19);1H. The average Bonchev–Trinajstić information content (AvgIpc) is 3.07. The molecule has 1 aliphatic heterocycles. The number of nitrogens with one attached hydrogen (secondary N) is 2. The number of carbonyl (C=O) groups excluding carboxylic acids is 1. The summed E-state index contributed by atoms with van der Waals surface area (Å²) in [5, 5.41) is 6.05. The zero-order valence-electron chi connectivity index (χ0n) is 11.5. The van der Waals surface area contributed by atoms with Crippen LogP contribution in [0.1, 0.15) is 24.8 Å². The van der Waals surface area contributed by atoms with E-state index in [1.807, 2.05) is 13.0 Å². The summed E-state index contributed by atoms with van der Waals surface area (Å²) in [6.45, 7) is 3.81. The third-order valence-electron chi connectivity index (χ3n) is 4.49. The zero-order chi connectivity index (χ0) is 13.5. The van der Waals surface area contributed by atoms with Gasteiger partial charge in [-0.05, 0) is 62.4 Å². The Bertz CT molecular complexity index is 515. The van der Waals surface area contributed by atoms with Gasteiger partial charge in [-0.1, -0.05) is 6.07 Å². The van der Waals surface area contributed by atoms with Gasteiger partial charge in [0.2, 0.25) is 5.91 Å². The van der Waals surface area contributed by atoms with Gasteiger partial charge in [-0.2, -0.15) is 0 Å². The number of hydrogen-bond acceptors (Lipinski definition) is 2. The number of piperidine rings is 1. The molecule has 0 aromatic heterocycles. The van der Waals surface area contributed by atoms with E-state index >= 15 is 0 Å². The molecule has 1 atom stereocenters. The molecule has 1 aromatic rings. The Labute approximate surface area is 124 Å². The summed E-state index contributed by atoms with van der Waals surface area (Å²) in [4.78, 5) is 12.2. The van der Waals surface area contributed by atoms with Gasteiger partial charge in [-0.3, -0.25) is 4.79 Å². The largest absolute Gasteiger partial charge is 0.323 e. The molecule has 1 heterocycles. The van der Waals surface area contributed by atoms with Crippen molar-refractivity contribution in [2.24, 2.45) is 11.3 Å². The van der Waals surface area contributed by atoms with Crippen molar-refractivity contribution in [3.05, 3.63) is 29.6 Å². The summed E-state index contributed by atoms with van der Waals surface area (Å²) >= 11 is 0. The van der Waals surface area contributed by atoms with Gasteiger partial charge >= 0.3 is 0 Å². The van der Waals surface area contributed by atoms with Crippen molar-refractivity contribution in [2.45, 2.75) is 26.2 Å². The van der Waals surface area contributed by atoms with E-state index in [0.29, 0.717) is 5.69 Å². The SMILES string of the molecule is Cc1ccc(NC(=O)C2CC23CCNCC3)c(F)c1.Cl. The number of benzene rings is 1. The second-order valence-electron chi connectivity index (χ2n) is 5.84. The first-order valence-corrected chi connectivity index (χ1v) is 6.88. The quantitative estimate of drug-likeness (QED) is 0.881. The summed E-state index contributed by atoms with van der Waals surface area (Å²) < 4.78 is 13.7. The second kappa shape index (κ2) is 5.70. The van der Waals surface area contributed by atoms with Crippen LogP contribution < -0.4 is 10.6 Å². The fourth-order valence-corrected chi connectivity index (χ4v) is 3.14. The maximum absolute atomic E-state index is 13.7. The van der Waals surface area contributed by atoms with Crippen LogP contribution in [-0.4, -0.2) is 19.0 Å². The van der Waals surface area contributed by atoms with Crippen molar-refractivity contribution in [3.8, 4) is 0 Å². The summed E-state index contributed by atoms with van der Waals surface area (Å²) in [6, 6.07) is 4.90. The van der Waals surface area contributed by atoms with Gasteiger partial charge in [0.15, 0.2) is 0 Å². The van der Waals surface area contributed by atoms with E-state index in [1.165, 1.54) is 6.07 Å². The lowest BCUT2D eigenvalue weighted by Gasteiger charge is -2.23. The highest BCUT2D eigenvalue weighted by molar-refractivity contribution is 5.95. The molecule has 1 spiro atoms. The first-order valence-electron chi connectivity index (χ1n) is 6.88. The Morgan fingerprint density at radius 2 is 2.10 bits per heavy atom. The molecule has 2 N–H and O–H groups in total. The third-order valence-corrected chi connectivity index (χ3v) is 4.49. The molecule has 3 rings (SSSR count). The van der Waals surface area contributed by atoms with E-state index in [2.05, 4.69) is 10.6 Å². The molecule has 5 heteroatoms. The van der Waals surface area contributed by atoms with Crippen LogP contribution in [0, 0.1) is 24.1 Å². The minimum atomic E-state index is -0.353. The van der Waals surface area contributed by atoms with Crippen LogP contribution in [-0.2, 0) is 4.79 Å². The number of carbonyl (C=O) groups is 1. The second-order valence-corrected chi connectivity index (χ2v) is 5.84. The number of amides is 1. The molecule has 1 amide bonds. The lowest BCUT2D eigenvalue weighted by Crippen LogP contribution is -2.31. The van der Waals surface area contributed by atoms with Gasteiger partial charge in [-0.15, -0.1) is 12.4 Å². The highest BCUT2D eigenvalue weighted by Crippen LogP contribution is 2.58. The van der Waals surface area contributed by atoms with E-state index in [1.54, 1.807) is 6.07 Å². The number of anilines is 1. The van der Waals surface area contributed by atoms with Crippen LogP contribution in [0.3, 0.4) is 0 Å². The lowest BCUT2D eigenvalue weighted by molar-refractivity contribution is -0.118. The van der Waals surface area contributed by atoms with Crippen molar-refractivity contribution >= 4 is 24.0 Å².